The fourth-order valence-corrected chi connectivity index (χ4v) is 3.48. The number of nitrogens with zero attached hydrogens (tertiary/aromatic N) is 1. The number of nitrogens with two attached hydrogens (primary N) is 2. The van der Waals surface area contributed by atoms with E-state index in [1.54, 1.807) is 42.5 Å². The molecule has 1 heterocycles. The summed E-state index contributed by atoms with van der Waals surface area (Å²) in [7, 11) is 0. The molecule has 6 nitrogen and oxygen atoms in total. The third-order valence-corrected chi connectivity index (χ3v) is 5.17. The van der Waals surface area contributed by atoms with Crippen molar-refractivity contribution in [3.05, 3.63) is 69.7 Å². The van der Waals surface area contributed by atoms with E-state index in [-0.39, 0.29) is 17.3 Å². The maximum absolute atomic E-state index is 12.4. The topological polar surface area (TPSA) is 113 Å². The predicted molar refractivity (Wildman–Crippen MR) is 114 cm³/mol. The molecular formula is C21H21BrN4O2. The minimum absolute atomic E-state index is 0.00942. The van der Waals surface area contributed by atoms with Crippen LogP contribution in [0, 0.1) is 5.41 Å². The molecule has 1 aliphatic rings. The summed E-state index contributed by atoms with van der Waals surface area (Å²) in [5, 5.41) is 8.09. The molecule has 5 N–H and O–H groups in total. The Morgan fingerprint density at radius 1 is 1.04 bits per heavy atom. The number of hydrogen-bond acceptors (Lipinski definition) is 5. The van der Waals surface area contributed by atoms with E-state index in [0.29, 0.717) is 22.4 Å². The number of carbonyl (C=O) groups excluding carboxylic acids is 2. The Kier molecular flexibility index (Phi) is 5.94. The van der Waals surface area contributed by atoms with Crippen molar-refractivity contribution in [3.63, 3.8) is 0 Å². The highest BCUT2D eigenvalue weighted by Crippen LogP contribution is 2.20. The highest BCUT2D eigenvalue weighted by molar-refractivity contribution is 9.10. The Morgan fingerprint density at radius 2 is 1.64 bits per heavy atom. The smallest absolute Gasteiger partial charge is 0.253 e. The summed E-state index contributed by atoms with van der Waals surface area (Å²) >= 11 is 3.30. The lowest BCUT2D eigenvalue weighted by Gasteiger charge is -2.15. The molecule has 1 fully saturated rings. The van der Waals surface area contributed by atoms with Crippen LogP contribution in [-0.2, 0) is 4.79 Å². The molecule has 0 aromatic heterocycles. The number of amides is 1. The van der Waals surface area contributed by atoms with Crippen LogP contribution < -0.4 is 11.5 Å². The quantitative estimate of drug-likeness (QED) is 0.376. The molecule has 7 heteroatoms. The Morgan fingerprint density at radius 3 is 2.25 bits per heavy atom. The highest BCUT2D eigenvalue weighted by Gasteiger charge is 2.19. The van der Waals surface area contributed by atoms with Gasteiger partial charge in [-0.25, -0.2) is 0 Å². The summed E-state index contributed by atoms with van der Waals surface area (Å²) < 4.78 is 0.771. The first-order valence-corrected chi connectivity index (χ1v) is 9.71. The van der Waals surface area contributed by atoms with Crippen molar-refractivity contribution in [2.75, 3.05) is 18.8 Å². The van der Waals surface area contributed by atoms with Crippen LogP contribution in [0.25, 0.3) is 5.70 Å². The molecule has 0 unspecified atom stereocenters. The monoisotopic (exact) mass is 440 g/mol. The van der Waals surface area contributed by atoms with E-state index in [1.165, 1.54) is 6.08 Å². The van der Waals surface area contributed by atoms with Gasteiger partial charge in [0.15, 0.2) is 0 Å². The zero-order valence-corrected chi connectivity index (χ0v) is 16.8. The Bertz CT molecular complexity index is 961. The van der Waals surface area contributed by atoms with Gasteiger partial charge < -0.3 is 16.4 Å². The number of ketones is 1. The molecule has 144 valence electrons. The summed E-state index contributed by atoms with van der Waals surface area (Å²) in [6.45, 7) is 1.58. The number of carbonyl (C=O) groups is 2. The van der Waals surface area contributed by atoms with Gasteiger partial charge in [-0.05, 0) is 48.7 Å². The molecule has 0 saturated carbocycles. The molecule has 1 saturated heterocycles. The molecule has 0 radical (unpaired) electrons. The van der Waals surface area contributed by atoms with Crippen molar-refractivity contribution >= 4 is 44.7 Å². The maximum atomic E-state index is 12.4. The van der Waals surface area contributed by atoms with E-state index < -0.39 is 5.78 Å². The SMILES string of the molecule is N=C(C(=O)/C=C(\N)c1ccc(C(=O)N2CCCC2)cc1)c1ccc(Br)cc1N. The van der Waals surface area contributed by atoms with E-state index in [0.717, 1.165) is 30.4 Å². The lowest BCUT2D eigenvalue weighted by atomic mass is 10.0. The standard InChI is InChI=1S/C21H21BrN4O2/c22-15-7-8-16(18(24)11-15)20(25)19(27)12-17(23)13-3-5-14(6-4-13)21(28)26-9-1-2-10-26/h3-8,11-12,25H,1-2,9-10,23-24H2/b17-12-,25-20?. The fourth-order valence-electron chi connectivity index (χ4n) is 3.10. The maximum Gasteiger partial charge on any atom is 0.253 e. The van der Waals surface area contributed by atoms with Crippen LogP contribution in [0.15, 0.2) is 53.0 Å². The van der Waals surface area contributed by atoms with Crippen LogP contribution in [-0.4, -0.2) is 35.4 Å². The van der Waals surface area contributed by atoms with Crippen molar-refractivity contribution in [2.24, 2.45) is 5.73 Å². The van der Waals surface area contributed by atoms with Crippen molar-refractivity contribution in [2.45, 2.75) is 12.8 Å². The average Bonchev–Trinajstić information content (AvgIpc) is 3.21. The van der Waals surface area contributed by atoms with E-state index in [1.807, 2.05) is 4.90 Å². The molecule has 3 rings (SSSR count). The van der Waals surface area contributed by atoms with Gasteiger partial charge in [-0.15, -0.1) is 0 Å². The molecule has 0 atom stereocenters. The van der Waals surface area contributed by atoms with Gasteiger partial charge in [-0.3, -0.25) is 15.0 Å². The van der Waals surface area contributed by atoms with Gasteiger partial charge in [0, 0.05) is 46.1 Å². The third-order valence-electron chi connectivity index (χ3n) is 4.67. The van der Waals surface area contributed by atoms with Crippen LogP contribution in [0.4, 0.5) is 5.69 Å². The van der Waals surface area contributed by atoms with Crippen LogP contribution >= 0.6 is 15.9 Å². The van der Waals surface area contributed by atoms with E-state index in [2.05, 4.69) is 15.9 Å². The first kappa shape index (κ1) is 19.8. The highest BCUT2D eigenvalue weighted by atomic mass is 79.9. The number of rotatable bonds is 5. The Balaban J connectivity index is 1.74. The number of nitrogen functional groups attached to an aromatic ring is 1. The first-order valence-electron chi connectivity index (χ1n) is 8.92. The van der Waals surface area contributed by atoms with Gasteiger partial charge in [0.1, 0.15) is 5.71 Å². The largest absolute Gasteiger partial charge is 0.398 e. The number of benzene rings is 2. The molecule has 2 aromatic rings. The van der Waals surface area contributed by atoms with Gasteiger partial charge in [0.05, 0.1) is 0 Å². The molecule has 0 aliphatic carbocycles. The van der Waals surface area contributed by atoms with Crippen LogP contribution in [0.1, 0.15) is 34.3 Å². The second-order valence-corrected chi connectivity index (χ2v) is 7.56. The average molecular weight is 441 g/mol. The number of nitrogens with one attached hydrogen (secondary N) is 1. The molecule has 28 heavy (non-hydrogen) atoms. The molecule has 0 spiro atoms. The van der Waals surface area contributed by atoms with Crippen molar-refractivity contribution in [1.82, 2.24) is 4.90 Å². The zero-order valence-electron chi connectivity index (χ0n) is 15.2. The van der Waals surface area contributed by atoms with Crippen LogP contribution in [0.5, 0.6) is 0 Å². The van der Waals surface area contributed by atoms with E-state index in [4.69, 9.17) is 16.9 Å². The molecular weight excluding hydrogens is 420 g/mol. The second-order valence-electron chi connectivity index (χ2n) is 6.65. The van der Waals surface area contributed by atoms with Gasteiger partial charge in [-0.1, -0.05) is 28.1 Å². The molecule has 0 bridgehead atoms. The number of hydrogen-bond donors (Lipinski definition) is 3. The third kappa shape index (κ3) is 4.31. The zero-order chi connectivity index (χ0) is 20.3. The minimum Gasteiger partial charge on any atom is -0.398 e. The normalized spacial score (nSPS) is 14.2. The van der Waals surface area contributed by atoms with Crippen molar-refractivity contribution in [1.29, 1.82) is 5.41 Å². The number of likely N-dealkylation sites (tertiary alicyclic amines) is 1. The summed E-state index contributed by atoms with van der Waals surface area (Å²) in [5.41, 5.74) is 13.8. The minimum atomic E-state index is -0.538. The summed E-state index contributed by atoms with van der Waals surface area (Å²) in [6, 6.07) is 11.8. The van der Waals surface area contributed by atoms with Crippen LogP contribution in [0.3, 0.4) is 0 Å². The predicted octanol–water partition coefficient (Wildman–Crippen LogP) is 3.20. The fraction of sp³-hybridized carbons (Fsp3) is 0.190. The Hall–Kier alpha value is -2.93. The first-order chi connectivity index (χ1) is 13.4. The molecule has 1 aliphatic heterocycles. The van der Waals surface area contributed by atoms with Crippen molar-refractivity contribution < 1.29 is 9.59 Å². The van der Waals surface area contributed by atoms with Gasteiger partial charge in [0.25, 0.3) is 5.91 Å². The molecule has 1 amide bonds. The van der Waals surface area contributed by atoms with Gasteiger partial charge in [-0.2, -0.15) is 0 Å². The lowest BCUT2D eigenvalue weighted by molar-refractivity contribution is -0.108. The second kappa shape index (κ2) is 8.39. The number of allylic oxidation sites excluding steroid dienone is 1. The molecule has 2 aromatic carbocycles. The van der Waals surface area contributed by atoms with Crippen LogP contribution in [0.2, 0.25) is 0 Å². The number of halogens is 1. The van der Waals surface area contributed by atoms with E-state index >= 15 is 0 Å². The summed E-state index contributed by atoms with van der Waals surface area (Å²) in [6.07, 6.45) is 3.29. The number of anilines is 1. The van der Waals surface area contributed by atoms with E-state index in [9.17, 15) is 9.59 Å². The summed E-state index contributed by atoms with van der Waals surface area (Å²) in [4.78, 5) is 26.6. The Labute approximate surface area is 171 Å². The summed E-state index contributed by atoms with van der Waals surface area (Å²) in [5.74, 6) is -0.529. The lowest BCUT2D eigenvalue weighted by Crippen LogP contribution is -2.27. The van der Waals surface area contributed by atoms with Gasteiger partial charge >= 0.3 is 0 Å². The van der Waals surface area contributed by atoms with Gasteiger partial charge in [0.2, 0.25) is 5.78 Å². The van der Waals surface area contributed by atoms with Crippen molar-refractivity contribution in [3.8, 4) is 0 Å².